The number of carbonyl (C=O) groups excluding carboxylic acids is 1. The summed E-state index contributed by atoms with van der Waals surface area (Å²) in [7, 11) is 0. The monoisotopic (exact) mass is 430 g/mol. The second-order valence-electron chi connectivity index (χ2n) is 7.94. The first-order valence-corrected chi connectivity index (χ1v) is 11.2. The van der Waals surface area contributed by atoms with Crippen LogP contribution in [0, 0.1) is 13.8 Å². The summed E-state index contributed by atoms with van der Waals surface area (Å²) >= 11 is 1.57. The van der Waals surface area contributed by atoms with E-state index < -0.39 is 0 Å². The zero-order chi connectivity index (χ0) is 22.0. The van der Waals surface area contributed by atoms with Crippen LogP contribution in [0.2, 0.25) is 0 Å². The van der Waals surface area contributed by atoms with Crippen LogP contribution in [-0.4, -0.2) is 17.0 Å². The Kier molecular flexibility index (Phi) is 6.05. The number of ether oxygens (including phenoxy) is 1. The molecular weight excluding hydrogens is 404 g/mol. The summed E-state index contributed by atoms with van der Waals surface area (Å²) < 4.78 is 6.85. The highest BCUT2D eigenvalue weighted by Crippen LogP contribution is 2.34. The van der Waals surface area contributed by atoms with Gasteiger partial charge in [-0.15, -0.1) is 0 Å². The van der Waals surface area contributed by atoms with Crippen LogP contribution < -0.4 is 9.64 Å². The number of anilines is 1. The summed E-state index contributed by atoms with van der Waals surface area (Å²) in [4.78, 5) is 20.2. The number of rotatable bonds is 6. The van der Waals surface area contributed by atoms with Gasteiger partial charge in [-0.1, -0.05) is 53.8 Å². The normalized spacial score (nSPS) is 11.1. The maximum absolute atomic E-state index is 13.6. The molecule has 0 aliphatic rings. The summed E-state index contributed by atoms with van der Waals surface area (Å²) in [5.74, 6) is 0.682. The minimum absolute atomic E-state index is 0.0747. The summed E-state index contributed by atoms with van der Waals surface area (Å²) in [5, 5.41) is 0.712. The van der Waals surface area contributed by atoms with Crippen molar-refractivity contribution in [3.05, 3.63) is 89.0 Å². The number of thiazole rings is 1. The minimum Gasteiger partial charge on any atom is -0.491 e. The smallest absolute Gasteiger partial charge is 0.260 e. The molecule has 1 amide bonds. The number of aromatic nitrogens is 1. The molecule has 0 aliphatic carbocycles. The van der Waals surface area contributed by atoms with Gasteiger partial charge in [-0.05, 0) is 68.7 Å². The van der Waals surface area contributed by atoms with Crippen LogP contribution in [0.3, 0.4) is 0 Å². The number of fused-ring (bicyclic) bond motifs is 1. The summed E-state index contributed by atoms with van der Waals surface area (Å²) in [6, 6.07) is 21.5. The van der Waals surface area contributed by atoms with Crippen LogP contribution in [0.5, 0.6) is 5.75 Å². The van der Waals surface area contributed by atoms with E-state index in [0.29, 0.717) is 17.2 Å². The largest absolute Gasteiger partial charge is 0.491 e. The first-order chi connectivity index (χ1) is 14.9. The molecule has 4 rings (SSSR count). The molecule has 0 saturated carbocycles. The number of amides is 1. The first-order valence-electron chi connectivity index (χ1n) is 10.4. The Balaban J connectivity index is 1.73. The minimum atomic E-state index is -0.0747. The second-order valence-corrected chi connectivity index (χ2v) is 8.92. The van der Waals surface area contributed by atoms with Crippen molar-refractivity contribution in [3.63, 3.8) is 0 Å². The van der Waals surface area contributed by atoms with E-state index in [4.69, 9.17) is 9.72 Å². The van der Waals surface area contributed by atoms with Gasteiger partial charge < -0.3 is 4.74 Å². The van der Waals surface area contributed by atoms with E-state index in [1.54, 1.807) is 16.2 Å². The molecule has 0 fully saturated rings. The number of aryl methyl sites for hydroxylation is 2. The molecule has 4 nitrogen and oxygen atoms in total. The van der Waals surface area contributed by atoms with Gasteiger partial charge in [0.05, 0.1) is 22.9 Å². The lowest BCUT2D eigenvalue weighted by Crippen LogP contribution is -2.30. The van der Waals surface area contributed by atoms with E-state index in [1.165, 1.54) is 5.56 Å². The van der Waals surface area contributed by atoms with Gasteiger partial charge in [0.25, 0.3) is 5.91 Å². The lowest BCUT2D eigenvalue weighted by atomic mass is 10.1. The van der Waals surface area contributed by atoms with Crippen LogP contribution in [0.25, 0.3) is 10.2 Å². The van der Waals surface area contributed by atoms with E-state index in [1.807, 2.05) is 68.4 Å². The number of hydrogen-bond acceptors (Lipinski definition) is 4. The number of benzene rings is 3. The Hall–Kier alpha value is -3.18. The Labute approximate surface area is 187 Å². The molecule has 0 bridgehead atoms. The standard InChI is InChI=1S/C26H26N2O2S/c1-17(2)30-22-14-12-21(13-15-22)25(29)28(16-20-8-6-5-7-9-20)26-27-23-18(3)10-11-19(4)24(23)31-26/h5-15,17H,16H2,1-4H3. The van der Waals surface area contributed by atoms with Crippen LogP contribution >= 0.6 is 11.3 Å². The number of carbonyl (C=O) groups is 1. The van der Waals surface area contributed by atoms with Crippen molar-refractivity contribution in [2.45, 2.75) is 40.3 Å². The molecule has 4 aromatic rings. The zero-order valence-corrected chi connectivity index (χ0v) is 19.1. The molecule has 0 aliphatic heterocycles. The fourth-order valence-corrected chi connectivity index (χ4v) is 4.57. The third-order valence-corrected chi connectivity index (χ3v) is 6.28. The molecule has 0 spiro atoms. The van der Waals surface area contributed by atoms with Gasteiger partial charge >= 0.3 is 0 Å². The third-order valence-electron chi connectivity index (χ3n) is 5.06. The van der Waals surface area contributed by atoms with E-state index in [0.717, 1.165) is 27.1 Å². The molecule has 0 unspecified atom stereocenters. The second kappa shape index (κ2) is 8.90. The van der Waals surface area contributed by atoms with Crippen LogP contribution in [-0.2, 0) is 6.54 Å². The van der Waals surface area contributed by atoms with Crippen molar-refractivity contribution in [1.82, 2.24) is 4.98 Å². The van der Waals surface area contributed by atoms with E-state index >= 15 is 0 Å². The lowest BCUT2D eigenvalue weighted by Gasteiger charge is -2.20. The topological polar surface area (TPSA) is 42.4 Å². The Morgan fingerprint density at radius 2 is 1.65 bits per heavy atom. The van der Waals surface area contributed by atoms with Gasteiger partial charge in [-0.3, -0.25) is 9.69 Å². The maximum Gasteiger partial charge on any atom is 0.260 e. The van der Waals surface area contributed by atoms with Crippen molar-refractivity contribution in [2.24, 2.45) is 0 Å². The molecule has 1 aromatic heterocycles. The molecule has 0 radical (unpaired) electrons. The summed E-state index contributed by atoms with van der Waals surface area (Å²) in [5.41, 5.74) is 4.92. The molecule has 5 heteroatoms. The molecule has 3 aromatic carbocycles. The number of hydrogen-bond donors (Lipinski definition) is 0. The molecule has 0 N–H and O–H groups in total. The fraction of sp³-hybridized carbons (Fsp3) is 0.231. The van der Waals surface area contributed by atoms with Crippen molar-refractivity contribution in [2.75, 3.05) is 4.90 Å². The van der Waals surface area contributed by atoms with Gasteiger partial charge in [0.1, 0.15) is 5.75 Å². The maximum atomic E-state index is 13.6. The molecule has 158 valence electrons. The zero-order valence-electron chi connectivity index (χ0n) is 18.3. The van der Waals surface area contributed by atoms with Gasteiger partial charge in [0, 0.05) is 5.56 Å². The predicted molar refractivity (Wildman–Crippen MR) is 128 cm³/mol. The third kappa shape index (κ3) is 4.62. The molecule has 0 atom stereocenters. The summed E-state index contributed by atoms with van der Waals surface area (Å²) in [6.07, 6.45) is 0.0883. The lowest BCUT2D eigenvalue weighted by molar-refractivity contribution is 0.0985. The van der Waals surface area contributed by atoms with Crippen LogP contribution in [0.15, 0.2) is 66.7 Å². The molecular formula is C26H26N2O2S. The molecule has 0 saturated heterocycles. The number of nitrogens with zero attached hydrogens (tertiary/aromatic N) is 2. The summed E-state index contributed by atoms with van der Waals surface area (Å²) in [6.45, 7) is 8.57. The Morgan fingerprint density at radius 3 is 2.29 bits per heavy atom. The van der Waals surface area contributed by atoms with Crippen molar-refractivity contribution in [1.29, 1.82) is 0 Å². The predicted octanol–water partition coefficient (Wildman–Crippen LogP) is 6.55. The SMILES string of the molecule is Cc1ccc(C)c2sc(N(Cc3ccccc3)C(=O)c3ccc(OC(C)C)cc3)nc12. The Morgan fingerprint density at radius 1 is 0.968 bits per heavy atom. The van der Waals surface area contributed by atoms with Crippen LogP contribution in [0.4, 0.5) is 5.13 Å². The first kappa shape index (κ1) is 21.1. The average molecular weight is 431 g/mol. The van der Waals surface area contributed by atoms with Gasteiger partial charge in [-0.2, -0.15) is 0 Å². The van der Waals surface area contributed by atoms with E-state index in [-0.39, 0.29) is 12.0 Å². The quantitative estimate of drug-likeness (QED) is 0.348. The molecule has 31 heavy (non-hydrogen) atoms. The van der Waals surface area contributed by atoms with E-state index in [9.17, 15) is 4.79 Å². The Bertz CT molecular complexity index is 1160. The van der Waals surface area contributed by atoms with E-state index in [2.05, 4.69) is 26.0 Å². The molecule has 1 heterocycles. The van der Waals surface area contributed by atoms with Gasteiger partial charge in [0.15, 0.2) is 5.13 Å². The van der Waals surface area contributed by atoms with Crippen LogP contribution in [0.1, 0.15) is 40.9 Å². The average Bonchev–Trinajstić information content (AvgIpc) is 3.22. The van der Waals surface area contributed by atoms with Gasteiger partial charge in [-0.25, -0.2) is 4.98 Å². The highest BCUT2D eigenvalue weighted by Gasteiger charge is 2.23. The van der Waals surface area contributed by atoms with Crippen molar-refractivity contribution >= 4 is 32.6 Å². The van der Waals surface area contributed by atoms with Gasteiger partial charge in [0.2, 0.25) is 0 Å². The highest BCUT2D eigenvalue weighted by atomic mass is 32.1. The van der Waals surface area contributed by atoms with Crippen molar-refractivity contribution < 1.29 is 9.53 Å². The fourth-order valence-electron chi connectivity index (χ4n) is 3.46. The van der Waals surface area contributed by atoms with Crippen molar-refractivity contribution in [3.8, 4) is 5.75 Å². The highest BCUT2D eigenvalue weighted by molar-refractivity contribution is 7.22.